The molecule has 2 aromatic heterocycles. The number of carbonyl (C=O) groups excluding carboxylic acids is 1. The SMILES string of the molecule is CCn1c(=O)c(CCC(=O)Nc2cc(F)ccc2C)nc2c(C)nn(-c3ccccc3)c21. The summed E-state index contributed by atoms with van der Waals surface area (Å²) in [6, 6.07) is 13.8. The number of amides is 1. The van der Waals surface area contributed by atoms with E-state index in [-0.39, 0.29) is 24.3 Å². The standard InChI is InChI=1S/C24H24FN5O2/c1-4-29-23-22(16(3)28-30(23)18-8-6-5-7-9-18)27-19(24(29)32)12-13-21(31)26-20-14-17(25)11-10-15(20)2/h5-11,14H,4,12-13H2,1-3H3,(H,26,31). The Labute approximate surface area is 184 Å². The summed E-state index contributed by atoms with van der Waals surface area (Å²) in [5.74, 6) is -0.727. The first kappa shape index (κ1) is 21.4. The Morgan fingerprint density at radius 1 is 1.12 bits per heavy atom. The molecule has 32 heavy (non-hydrogen) atoms. The Hall–Kier alpha value is -3.81. The van der Waals surface area contributed by atoms with Crippen LogP contribution in [0.2, 0.25) is 0 Å². The number of hydrogen-bond donors (Lipinski definition) is 1. The molecule has 4 aromatic rings. The lowest BCUT2D eigenvalue weighted by molar-refractivity contribution is -0.116. The molecule has 2 aromatic carbocycles. The summed E-state index contributed by atoms with van der Waals surface area (Å²) >= 11 is 0. The maximum absolute atomic E-state index is 13.5. The van der Waals surface area contributed by atoms with Crippen molar-refractivity contribution in [2.24, 2.45) is 0 Å². The van der Waals surface area contributed by atoms with Crippen LogP contribution >= 0.6 is 0 Å². The fourth-order valence-corrected chi connectivity index (χ4v) is 3.69. The van der Waals surface area contributed by atoms with Gasteiger partial charge in [0.1, 0.15) is 17.0 Å². The lowest BCUT2D eigenvalue weighted by atomic mass is 10.1. The third-order valence-corrected chi connectivity index (χ3v) is 5.38. The number of carbonyl (C=O) groups is 1. The average Bonchev–Trinajstić information content (AvgIpc) is 3.11. The van der Waals surface area contributed by atoms with Gasteiger partial charge in [0.15, 0.2) is 5.65 Å². The number of anilines is 1. The molecule has 0 saturated heterocycles. The van der Waals surface area contributed by atoms with E-state index in [1.54, 1.807) is 22.2 Å². The third kappa shape index (κ3) is 4.03. The van der Waals surface area contributed by atoms with Gasteiger partial charge < -0.3 is 5.32 Å². The second-order valence-electron chi connectivity index (χ2n) is 7.62. The van der Waals surface area contributed by atoms with E-state index >= 15 is 0 Å². The second kappa shape index (κ2) is 8.74. The Bertz CT molecular complexity index is 1360. The molecule has 2 heterocycles. The lowest BCUT2D eigenvalue weighted by Gasteiger charge is -2.11. The van der Waals surface area contributed by atoms with Crippen molar-refractivity contribution >= 4 is 22.8 Å². The van der Waals surface area contributed by atoms with Crippen molar-refractivity contribution in [1.82, 2.24) is 19.3 Å². The van der Waals surface area contributed by atoms with Crippen molar-refractivity contribution in [1.29, 1.82) is 0 Å². The molecule has 0 saturated carbocycles. The van der Waals surface area contributed by atoms with Gasteiger partial charge in [-0.1, -0.05) is 24.3 Å². The van der Waals surface area contributed by atoms with Crippen LogP contribution in [0.5, 0.6) is 0 Å². The molecular weight excluding hydrogens is 409 g/mol. The highest BCUT2D eigenvalue weighted by atomic mass is 19.1. The Morgan fingerprint density at radius 2 is 1.88 bits per heavy atom. The minimum Gasteiger partial charge on any atom is -0.326 e. The van der Waals surface area contributed by atoms with Crippen LogP contribution in [0.15, 0.2) is 53.3 Å². The topological polar surface area (TPSA) is 81.8 Å². The molecule has 0 unspecified atom stereocenters. The summed E-state index contributed by atoms with van der Waals surface area (Å²) in [6.07, 6.45) is 0.226. The van der Waals surface area contributed by atoms with Crippen LogP contribution in [0.3, 0.4) is 0 Å². The van der Waals surface area contributed by atoms with Crippen LogP contribution in [0.25, 0.3) is 16.9 Å². The van der Waals surface area contributed by atoms with E-state index in [0.29, 0.717) is 34.8 Å². The summed E-state index contributed by atoms with van der Waals surface area (Å²) in [4.78, 5) is 30.2. The lowest BCUT2D eigenvalue weighted by Crippen LogP contribution is -2.27. The molecule has 1 N–H and O–H groups in total. The largest absolute Gasteiger partial charge is 0.326 e. The van der Waals surface area contributed by atoms with E-state index in [2.05, 4.69) is 15.4 Å². The van der Waals surface area contributed by atoms with Crippen LogP contribution in [0, 0.1) is 19.7 Å². The molecule has 0 spiro atoms. The minimum absolute atomic E-state index is 0.0548. The number of nitrogens with zero attached hydrogens (tertiary/aromatic N) is 4. The zero-order chi connectivity index (χ0) is 22.8. The highest BCUT2D eigenvalue weighted by Crippen LogP contribution is 2.20. The maximum Gasteiger partial charge on any atom is 0.273 e. The molecule has 0 aliphatic heterocycles. The molecule has 0 fully saturated rings. The van der Waals surface area contributed by atoms with E-state index in [1.807, 2.05) is 44.2 Å². The second-order valence-corrected chi connectivity index (χ2v) is 7.62. The van der Waals surface area contributed by atoms with Crippen molar-refractivity contribution in [3.8, 4) is 5.69 Å². The van der Waals surface area contributed by atoms with Gasteiger partial charge in [0.25, 0.3) is 5.56 Å². The van der Waals surface area contributed by atoms with Gasteiger partial charge in [-0.2, -0.15) is 5.10 Å². The molecule has 4 rings (SSSR count). The highest BCUT2D eigenvalue weighted by molar-refractivity contribution is 5.91. The fourth-order valence-electron chi connectivity index (χ4n) is 3.69. The summed E-state index contributed by atoms with van der Waals surface area (Å²) in [7, 11) is 0. The number of nitrogens with one attached hydrogen (secondary N) is 1. The van der Waals surface area contributed by atoms with Crippen molar-refractivity contribution in [2.75, 3.05) is 5.32 Å². The Morgan fingerprint density at radius 3 is 2.59 bits per heavy atom. The Balaban J connectivity index is 1.65. The zero-order valence-electron chi connectivity index (χ0n) is 18.2. The van der Waals surface area contributed by atoms with E-state index in [9.17, 15) is 14.0 Å². The monoisotopic (exact) mass is 433 g/mol. The van der Waals surface area contributed by atoms with Gasteiger partial charge in [0.05, 0.1) is 11.4 Å². The fraction of sp³-hybridized carbons (Fsp3) is 0.250. The summed E-state index contributed by atoms with van der Waals surface area (Å²) in [6.45, 7) is 5.97. The van der Waals surface area contributed by atoms with Gasteiger partial charge in [0.2, 0.25) is 5.91 Å². The highest BCUT2D eigenvalue weighted by Gasteiger charge is 2.19. The molecule has 1 amide bonds. The van der Waals surface area contributed by atoms with E-state index in [4.69, 9.17) is 0 Å². The molecule has 164 valence electrons. The molecule has 7 nitrogen and oxygen atoms in total. The predicted octanol–water partition coefficient (Wildman–Crippen LogP) is 3.93. The normalized spacial score (nSPS) is 11.1. The van der Waals surface area contributed by atoms with E-state index in [1.165, 1.54) is 12.1 Å². The molecule has 0 bridgehead atoms. The number of rotatable bonds is 6. The van der Waals surface area contributed by atoms with Crippen LogP contribution in [-0.2, 0) is 17.8 Å². The average molecular weight is 433 g/mol. The third-order valence-electron chi connectivity index (χ3n) is 5.38. The van der Waals surface area contributed by atoms with Gasteiger partial charge in [-0.25, -0.2) is 14.1 Å². The smallest absolute Gasteiger partial charge is 0.273 e. The maximum atomic E-state index is 13.5. The van der Waals surface area contributed by atoms with Gasteiger partial charge in [0, 0.05) is 25.1 Å². The molecule has 0 aliphatic rings. The van der Waals surface area contributed by atoms with Gasteiger partial charge in [-0.05, 0) is 50.6 Å². The number of aryl methyl sites for hydroxylation is 4. The van der Waals surface area contributed by atoms with Crippen LogP contribution < -0.4 is 10.9 Å². The summed E-state index contributed by atoms with van der Waals surface area (Å²) in [5.41, 5.74) is 4.05. The minimum atomic E-state index is -0.422. The van der Waals surface area contributed by atoms with Crippen LogP contribution in [-0.4, -0.2) is 25.2 Å². The number of halogens is 1. The van der Waals surface area contributed by atoms with Crippen molar-refractivity contribution in [3.63, 3.8) is 0 Å². The van der Waals surface area contributed by atoms with E-state index in [0.717, 1.165) is 11.3 Å². The number of aromatic nitrogens is 4. The summed E-state index contributed by atoms with van der Waals surface area (Å²) in [5, 5.41) is 7.31. The first-order valence-electron chi connectivity index (χ1n) is 10.5. The summed E-state index contributed by atoms with van der Waals surface area (Å²) < 4.78 is 16.8. The van der Waals surface area contributed by atoms with Crippen molar-refractivity contribution in [2.45, 2.75) is 40.2 Å². The van der Waals surface area contributed by atoms with Gasteiger partial charge in [-0.3, -0.25) is 14.2 Å². The first-order chi connectivity index (χ1) is 15.4. The quantitative estimate of drug-likeness (QED) is 0.500. The molecule has 0 atom stereocenters. The van der Waals surface area contributed by atoms with Crippen LogP contribution in [0.1, 0.15) is 30.3 Å². The number of fused-ring (bicyclic) bond motifs is 1. The molecule has 8 heteroatoms. The Kier molecular flexibility index (Phi) is 5.85. The van der Waals surface area contributed by atoms with Gasteiger partial charge >= 0.3 is 0 Å². The van der Waals surface area contributed by atoms with Crippen molar-refractivity contribution < 1.29 is 9.18 Å². The molecule has 0 aliphatic carbocycles. The predicted molar refractivity (Wildman–Crippen MR) is 122 cm³/mol. The number of hydrogen-bond acceptors (Lipinski definition) is 4. The van der Waals surface area contributed by atoms with E-state index < -0.39 is 5.82 Å². The zero-order valence-corrected chi connectivity index (χ0v) is 18.2. The first-order valence-corrected chi connectivity index (χ1v) is 10.5. The van der Waals surface area contributed by atoms with Crippen LogP contribution in [0.4, 0.5) is 10.1 Å². The number of para-hydroxylation sites is 1. The van der Waals surface area contributed by atoms with Crippen molar-refractivity contribution in [3.05, 3.63) is 81.7 Å². The van der Waals surface area contributed by atoms with Gasteiger partial charge in [-0.15, -0.1) is 0 Å². The number of benzene rings is 2. The molecular formula is C24H24FN5O2. The molecule has 0 radical (unpaired) electrons.